The molecule has 0 bridgehead atoms. The van der Waals surface area contributed by atoms with Crippen LogP contribution in [0.15, 0.2) is 10.8 Å². The van der Waals surface area contributed by atoms with Crippen molar-refractivity contribution in [1.29, 1.82) is 0 Å². The van der Waals surface area contributed by atoms with Gasteiger partial charge in [-0.15, -0.1) is 0 Å². The third-order valence-corrected chi connectivity index (χ3v) is 2.85. The van der Waals surface area contributed by atoms with Crippen molar-refractivity contribution in [2.45, 2.75) is 31.9 Å². The molecule has 0 spiro atoms. The van der Waals surface area contributed by atoms with Crippen molar-refractivity contribution in [1.82, 2.24) is 0 Å². The van der Waals surface area contributed by atoms with E-state index in [9.17, 15) is 0 Å². The quantitative estimate of drug-likeness (QED) is 0.666. The van der Waals surface area contributed by atoms with Gasteiger partial charge in [-0.1, -0.05) is 13.8 Å². The van der Waals surface area contributed by atoms with Crippen LogP contribution in [-0.2, 0) is 0 Å². The monoisotopic (exact) mass is 186 g/mol. The van der Waals surface area contributed by atoms with E-state index in [1.165, 1.54) is 11.1 Å². The maximum atomic E-state index is 4.42. The molecule has 1 unspecified atom stereocenters. The minimum absolute atomic E-state index is 0.374. The molecule has 0 amide bonds. The lowest BCUT2D eigenvalue weighted by Crippen LogP contribution is -1.91. The zero-order valence-corrected chi connectivity index (χ0v) is 8.88. The van der Waals surface area contributed by atoms with Crippen molar-refractivity contribution < 1.29 is 0 Å². The van der Waals surface area contributed by atoms with Gasteiger partial charge >= 0.3 is 0 Å². The van der Waals surface area contributed by atoms with Gasteiger partial charge in [0.15, 0.2) is 0 Å². The van der Waals surface area contributed by atoms with Crippen LogP contribution in [0.4, 0.5) is 0 Å². The highest BCUT2D eigenvalue weighted by Crippen LogP contribution is 2.31. The van der Waals surface area contributed by atoms with E-state index < -0.39 is 0 Å². The molecule has 0 nitrogen and oxygen atoms in total. The SMILES string of the molecule is CC(C)c1cscc1C(C)S. The first kappa shape index (κ1) is 9.14. The molecule has 0 aliphatic heterocycles. The smallest absolute Gasteiger partial charge is 0.0249 e. The first-order valence-electron chi connectivity index (χ1n) is 3.87. The molecule has 2 heteroatoms. The van der Waals surface area contributed by atoms with Crippen molar-refractivity contribution >= 4 is 24.0 Å². The second-order valence-corrected chi connectivity index (χ2v) is 4.63. The molecule has 0 saturated heterocycles. The topological polar surface area (TPSA) is 0 Å². The lowest BCUT2D eigenvalue weighted by molar-refractivity contribution is 0.850. The molecule has 0 radical (unpaired) electrons. The van der Waals surface area contributed by atoms with Crippen LogP contribution in [0.5, 0.6) is 0 Å². The average molecular weight is 186 g/mol. The number of rotatable bonds is 2. The predicted molar refractivity (Wildman–Crippen MR) is 55.8 cm³/mol. The molecule has 0 aliphatic rings. The molecule has 1 rings (SSSR count). The van der Waals surface area contributed by atoms with E-state index in [2.05, 4.69) is 44.2 Å². The molecular weight excluding hydrogens is 172 g/mol. The molecule has 0 fully saturated rings. The van der Waals surface area contributed by atoms with Crippen molar-refractivity contribution in [3.63, 3.8) is 0 Å². The minimum Gasteiger partial charge on any atom is -0.171 e. The van der Waals surface area contributed by atoms with Gasteiger partial charge in [0.2, 0.25) is 0 Å². The standard InChI is InChI=1S/C9H14S2/c1-6(2)8-4-11-5-9(8)7(3)10/h4-7,10H,1-3H3. The van der Waals surface area contributed by atoms with E-state index >= 15 is 0 Å². The molecule has 0 aromatic carbocycles. The van der Waals surface area contributed by atoms with Crippen molar-refractivity contribution in [3.05, 3.63) is 21.9 Å². The Hall–Kier alpha value is 0.0500. The molecule has 0 aliphatic carbocycles. The van der Waals surface area contributed by atoms with Gasteiger partial charge in [-0.25, -0.2) is 0 Å². The van der Waals surface area contributed by atoms with Crippen molar-refractivity contribution in [2.24, 2.45) is 0 Å². The van der Waals surface area contributed by atoms with E-state index in [1.807, 2.05) is 0 Å². The summed E-state index contributed by atoms with van der Waals surface area (Å²) < 4.78 is 0. The molecule has 0 N–H and O–H groups in total. The molecule has 0 saturated carbocycles. The van der Waals surface area contributed by atoms with Crippen LogP contribution in [-0.4, -0.2) is 0 Å². The Kier molecular flexibility index (Phi) is 3.02. The fourth-order valence-corrected chi connectivity index (χ4v) is 2.56. The summed E-state index contributed by atoms with van der Waals surface area (Å²) in [6.45, 7) is 6.57. The predicted octanol–water partition coefficient (Wildman–Crippen LogP) is 3.86. The highest BCUT2D eigenvalue weighted by molar-refractivity contribution is 7.80. The van der Waals surface area contributed by atoms with Crippen LogP contribution in [0, 0.1) is 0 Å². The van der Waals surface area contributed by atoms with E-state index in [4.69, 9.17) is 0 Å². The Morgan fingerprint density at radius 1 is 1.18 bits per heavy atom. The summed E-state index contributed by atoms with van der Waals surface area (Å²) in [6.07, 6.45) is 0. The van der Waals surface area contributed by atoms with Crippen molar-refractivity contribution in [3.8, 4) is 0 Å². The van der Waals surface area contributed by atoms with E-state index in [0.717, 1.165) is 0 Å². The Labute approximate surface area is 78.1 Å². The summed E-state index contributed by atoms with van der Waals surface area (Å²) in [4.78, 5) is 0. The second-order valence-electron chi connectivity index (χ2n) is 3.11. The van der Waals surface area contributed by atoms with Gasteiger partial charge in [0, 0.05) is 5.25 Å². The Balaban J connectivity index is 2.96. The third kappa shape index (κ3) is 2.00. The molecular formula is C9H14S2. The summed E-state index contributed by atoms with van der Waals surface area (Å²) in [5.41, 5.74) is 2.85. The van der Waals surface area contributed by atoms with Gasteiger partial charge in [0.1, 0.15) is 0 Å². The summed E-state index contributed by atoms with van der Waals surface area (Å²) in [5.74, 6) is 0.630. The van der Waals surface area contributed by atoms with Crippen LogP contribution in [0.25, 0.3) is 0 Å². The van der Waals surface area contributed by atoms with Crippen LogP contribution in [0.3, 0.4) is 0 Å². The molecule has 1 aromatic rings. The van der Waals surface area contributed by atoms with Crippen LogP contribution >= 0.6 is 24.0 Å². The largest absolute Gasteiger partial charge is 0.171 e. The van der Waals surface area contributed by atoms with Crippen LogP contribution < -0.4 is 0 Å². The molecule has 1 aromatic heterocycles. The van der Waals surface area contributed by atoms with Gasteiger partial charge in [0.25, 0.3) is 0 Å². The lowest BCUT2D eigenvalue weighted by atomic mass is 10.0. The molecule has 62 valence electrons. The van der Waals surface area contributed by atoms with Gasteiger partial charge in [-0.2, -0.15) is 24.0 Å². The van der Waals surface area contributed by atoms with Crippen LogP contribution in [0.1, 0.15) is 43.1 Å². The second kappa shape index (κ2) is 3.63. The summed E-state index contributed by atoms with van der Waals surface area (Å²) >= 11 is 6.20. The van der Waals surface area contributed by atoms with E-state index in [1.54, 1.807) is 11.3 Å². The first-order chi connectivity index (χ1) is 5.13. The molecule has 11 heavy (non-hydrogen) atoms. The number of hydrogen-bond donors (Lipinski definition) is 1. The highest BCUT2D eigenvalue weighted by atomic mass is 32.1. The summed E-state index contributed by atoms with van der Waals surface area (Å²) in [7, 11) is 0. The van der Waals surface area contributed by atoms with Gasteiger partial charge in [0.05, 0.1) is 0 Å². The normalized spacial score (nSPS) is 13.9. The molecule has 1 atom stereocenters. The zero-order chi connectivity index (χ0) is 8.43. The van der Waals surface area contributed by atoms with Gasteiger partial charge in [-0.05, 0) is 34.7 Å². The first-order valence-corrected chi connectivity index (χ1v) is 5.33. The summed E-state index contributed by atoms with van der Waals surface area (Å²) in [6, 6.07) is 0. The third-order valence-electron chi connectivity index (χ3n) is 1.80. The Morgan fingerprint density at radius 3 is 2.09 bits per heavy atom. The van der Waals surface area contributed by atoms with Crippen LogP contribution in [0.2, 0.25) is 0 Å². The average Bonchev–Trinajstić information content (AvgIpc) is 2.32. The lowest BCUT2D eigenvalue weighted by Gasteiger charge is -2.08. The fraction of sp³-hybridized carbons (Fsp3) is 0.556. The number of thiol groups is 1. The van der Waals surface area contributed by atoms with Gasteiger partial charge < -0.3 is 0 Å². The van der Waals surface area contributed by atoms with Gasteiger partial charge in [-0.3, -0.25) is 0 Å². The van der Waals surface area contributed by atoms with Crippen molar-refractivity contribution in [2.75, 3.05) is 0 Å². The number of thiophene rings is 1. The highest BCUT2D eigenvalue weighted by Gasteiger charge is 2.10. The van der Waals surface area contributed by atoms with E-state index in [0.29, 0.717) is 11.2 Å². The van der Waals surface area contributed by atoms with E-state index in [-0.39, 0.29) is 0 Å². The zero-order valence-electron chi connectivity index (χ0n) is 7.16. The maximum Gasteiger partial charge on any atom is 0.0249 e. The minimum atomic E-state index is 0.374. The fourth-order valence-electron chi connectivity index (χ4n) is 1.13. The Bertz CT molecular complexity index is 201. The number of hydrogen-bond acceptors (Lipinski definition) is 2. The summed E-state index contributed by atoms with van der Waals surface area (Å²) in [5, 5.41) is 4.80. The molecule has 1 heterocycles. The Morgan fingerprint density at radius 2 is 1.73 bits per heavy atom. The maximum absolute atomic E-state index is 4.42.